The molecule has 3 rings (SSSR count). The van der Waals surface area contributed by atoms with Crippen LogP contribution in [0, 0.1) is 5.41 Å². The van der Waals surface area contributed by atoms with E-state index in [-0.39, 0.29) is 32.4 Å². The molecule has 0 unspecified atom stereocenters. The van der Waals surface area contributed by atoms with Gasteiger partial charge in [0, 0.05) is 18.4 Å². The number of rotatable bonds is 8. The lowest BCUT2D eigenvalue weighted by atomic mass is 9.83. The van der Waals surface area contributed by atoms with Crippen LogP contribution >= 0.6 is 0 Å². The number of alkyl halides is 1. The predicted molar refractivity (Wildman–Crippen MR) is 111 cm³/mol. The van der Waals surface area contributed by atoms with Crippen LogP contribution in [0.1, 0.15) is 38.7 Å². The molecule has 1 aliphatic heterocycles. The minimum Gasteiger partial charge on any atom is -0.459 e. The number of aliphatic hydroxyl groups is 1. The number of aliphatic hydroxyl groups excluding tert-OH is 1. The van der Waals surface area contributed by atoms with Crippen LogP contribution in [-0.4, -0.2) is 58.2 Å². The third-order valence-electron chi connectivity index (χ3n) is 5.95. The Bertz CT molecular complexity index is 853. The molecule has 2 aliphatic rings. The van der Waals surface area contributed by atoms with E-state index in [1.54, 1.807) is 13.8 Å². The SMILES string of the molecule is C=CC(C)(C)[C@H](NC(=O)C1(F)CC1)C(=O)N1C[C@H](O)C[C@H]1C(=O)OCc1ccccc1. The second-order valence-corrected chi connectivity index (χ2v) is 8.89. The van der Waals surface area contributed by atoms with Crippen LogP contribution < -0.4 is 5.32 Å². The first kappa shape index (κ1) is 22.9. The van der Waals surface area contributed by atoms with Crippen LogP contribution in [0.25, 0.3) is 0 Å². The molecule has 0 spiro atoms. The number of likely N-dealkylation sites (tertiary alicyclic amines) is 1. The van der Waals surface area contributed by atoms with Gasteiger partial charge in [-0.2, -0.15) is 0 Å². The lowest BCUT2D eigenvalue weighted by Gasteiger charge is -2.35. The Morgan fingerprint density at radius 1 is 1.35 bits per heavy atom. The Balaban J connectivity index is 1.75. The second kappa shape index (κ2) is 8.78. The fraction of sp³-hybridized carbons (Fsp3) is 0.522. The van der Waals surface area contributed by atoms with E-state index < -0.39 is 47.1 Å². The Morgan fingerprint density at radius 2 is 2.00 bits per heavy atom. The normalized spacial score (nSPS) is 23.0. The summed E-state index contributed by atoms with van der Waals surface area (Å²) in [6, 6.07) is 6.97. The summed E-state index contributed by atoms with van der Waals surface area (Å²) in [7, 11) is 0. The number of carbonyl (C=O) groups excluding carboxylic acids is 3. The van der Waals surface area contributed by atoms with Crippen molar-refractivity contribution in [3.63, 3.8) is 0 Å². The molecule has 1 heterocycles. The number of amides is 2. The van der Waals surface area contributed by atoms with Crippen LogP contribution in [0.3, 0.4) is 0 Å². The van der Waals surface area contributed by atoms with Gasteiger partial charge in [0.25, 0.3) is 5.91 Å². The van der Waals surface area contributed by atoms with E-state index in [4.69, 9.17) is 4.74 Å². The van der Waals surface area contributed by atoms with E-state index in [0.717, 1.165) is 5.56 Å². The maximum atomic E-state index is 14.2. The zero-order valence-corrected chi connectivity index (χ0v) is 17.8. The van der Waals surface area contributed by atoms with Crippen molar-refractivity contribution < 1.29 is 28.6 Å². The van der Waals surface area contributed by atoms with Crippen LogP contribution in [0.15, 0.2) is 43.0 Å². The molecular formula is C23H29FN2O5. The highest BCUT2D eigenvalue weighted by atomic mass is 19.1. The van der Waals surface area contributed by atoms with Gasteiger partial charge < -0.3 is 20.1 Å². The molecule has 1 aromatic rings. The highest BCUT2D eigenvalue weighted by molar-refractivity contribution is 5.95. The molecule has 1 aliphatic carbocycles. The van der Waals surface area contributed by atoms with E-state index in [1.807, 2.05) is 30.3 Å². The van der Waals surface area contributed by atoms with E-state index in [9.17, 15) is 23.9 Å². The first-order valence-electron chi connectivity index (χ1n) is 10.4. The van der Waals surface area contributed by atoms with E-state index in [2.05, 4.69) is 11.9 Å². The standard InChI is InChI=1S/C23H29FN2O5/c1-4-22(2,3)18(25-21(30)23(24)10-11-23)19(28)26-13-16(27)12-17(26)20(29)31-14-15-8-6-5-7-9-15/h4-9,16-18,27H,1,10-14H2,2-3H3,(H,25,30)/t16-,17+,18-/m1/s1. The molecular weight excluding hydrogens is 403 g/mol. The van der Waals surface area contributed by atoms with Crippen molar-refractivity contribution in [2.75, 3.05) is 6.54 Å². The topological polar surface area (TPSA) is 95.9 Å². The highest BCUT2D eigenvalue weighted by Gasteiger charge is 2.53. The van der Waals surface area contributed by atoms with Crippen molar-refractivity contribution in [2.24, 2.45) is 5.41 Å². The van der Waals surface area contributed by atoms with Gasteiger partial charge >= 0.3 is 5.97 Å². The number of ether oxygens (including phenoxy) is 1. The number of carbonyl (C=O) groups is 3. The molecule has 31 heavy (non-hydrogen) atoms. The fourth-order valence-electron chi connectivity index (χ4n) is 3.55. The molecule has 3 atom stereocenters. The third-order valence-corrected chi connectivity index (χ3v) is 5.95. The molecule has 1 saturated heterocycles. The average molecular weight is 432 g/mol. The first-order valence-corrected chi connectivity index (χ1v) is 10.4. The van der Waals surface area contributed by atoms with Crippen LogP contribution in [0.4, 0.5) is 4.39 Å². The van der Waals surface area contributed by atoms with E-state index >= 15 is 0 Å². The molecule has 0 aromatic heterocycles. The lowest BCUT2D eigenvalue weighted by Crippen LogP contribution is -2.58. The van der Waals surface area contributed by atoms with Crippen molar-refractivity contribution in [2.45, 2.75) is 63.6 Å². The number of benzene rings is 1. The molecule has 0 radical (unpaired) electrons. The summed E-state index contributed by atoms with van der Waals surface area (Å²) in [5, 5.41) is 12.7. The number of hydrogen-bond donors (Lipinski definition) is 2. The number of halogens is 1. The highest BCUT2D eigenvalue weighted by Crippen LogP contribution is 2.40. The third kappa shape index (κ3) is 5.12. The Hall–Kier alpha value is -2.74. The van der Waals surface area contributed by atoms with Gasteiger partial charge in [-0.25, -0.2) is 9.18 Å². The summed E-state index contributed by atoms with van der Waals surface area (Å²) in [5.41, 5.74) is -2.07. The molecule has 2 amide bonds. The summed E-state index contributed by atoms with van der Waals surface area (Å²) in [4.78, 5) is 39.6. The van der Waals surface area contributed by atoms with Gasteiger partial charge in [0.2, 0.25) is 5.91 Å². The summed E-state index contributed by atoms with van der Waals surface area (Å²) in [6.45, 7) is 7.06. The van der Waals surface area contributed by atoms with Gasteiger partial charge in [-0.15, -0.1) is 6.58 Å². The molecule has 2 fully saturated rings. The second-order valence-electron chi connectivity index (χ2n) is 8.89. The minimum atomic E-state index is -1.95. The molecule has 168 valence electrons. The van der Waals surface area contributed by atoms with Crippen LogP contribution in [0.5, 0.6) is 0 Å². The van der Waals surface area contributed by atoms with Gasteiger partial charge in [-0.1, -0.05) is 50.3 Å². The zero-order chi connectivity index (χ0) is 22.8. The smallest absolute Gasteiger partial charge is 0.329 e. The summed E-state index contributed by atoms with van der Waals surface area (Å²) in [5.74, 6) is -2.07. The van der Waals surface area contributed by atoms with Crippen molar-refractivity contribution in [3.05, 3.63) is 48.6 Å². The lowest BCUT2D eigenvalue weighted by molar-refractivity contribution is -0.156. The van der Waals surface area contributed by atoms with Crippen molar-refractivity contribution >= 4 is 17.8 Å². The quantitative estimate of drug-likeness (QED) is 0.483. The first-order chi connectivity index (χ1) is 14.6. The molecule has 0 bridgehead atoms. The van der Waals surface area contributed by atoms with Gasteiger partial charge in [0.15, 0.2) is 5.67 Å². The summed E-state index contributed by atoms with van der Waals surface area (Å²) >= 11 is 0. The Labute approximate surface area is 181 Å². The fourth-order valence-corrected chi connectivity index (χ4v) is 3.55. The monoisotopic (exact) mass is 432 g/mol. The number of β-amino-alcohol motifs (C(OH)–C–C–N with tert-alkyl or cyclic N) is 1. The van der Waals surface area contributed by atoms with Gasteiger partial charge in [0.1, 0.15) is 18.7 Å². The van der Waals surface area contributed by atoms with Crippen LogP contribution in [-0.2, 0) is 25.7 Å². The number of nitrogens with one attached hydrogen (secondary N) is 1. The average Bonchev–Trinajstić information content (AvgIpc) is 3.39. The van der Waals surface area contributed by atoms with E-state index in [0.29, 0.717) is 0 Å². The molecule has 8 heteroatoms. The predicted octanol–water partition coefficient (Wildman–Crippen LogP) is 1.89. The number of hydrogen-bond acceptors (Lipinski definition) is 5. The zero-order valence-electron chi connectivity index (χ0n) is 17.8. The summed E-state index contributed by atoms with van der Waals surface area (Å²) < 4.78 is 19.6. The molecule has 1 saturated carbocycles. The molecule has 7 nitrogen and oxygen atoms in total. The maximum Gasteiger partial charge on any atom is 0.329 e. The minimum absolute atomic E-state index is 0.0294. The Kier molecular flexibility index (Phi) is 6.50. The van der Waals surface area contributed by atoms with Gasteiger partial charge in [-0.3, -0.25) is 9.59 Å². The van der Waals surface area contributed by atoms with Crippen LogP contribution in [0.2, 0.25) is 0 Å². The van der Waals surface area contributed by atoms with E-state index in [1.165, 1.54) is 11.0 Å². The number of esters is 1. The largest absolute Gasteiger partial charge is 0.459 e. The molecule has 1 aromatic carbocycles. The van der Waals surface area contributed by atoms with Gasteiger partial charge in [0.05, 0.1) is 6.10 Å². The molecule has 2 N–H and O–H groups in total. The van der Waals surface area contributed by atoms with Gasteiger partial charge in [-0.05, 0) is 18.4 Å². The van der Waals surface area contributed by atoms with Crippen molar-refractivity contribution in [1.82, 2.24) is 10.2 Å². The Morgan fingerprint density at radius 3 is 2.58 bits per heavy atom. The maximum absolute atomic E-state index is 14.2. The van der Waals surface area contributed by atoms with Crippen molar-refractivity contribution in [3.8, 4) is 0 Å². The number of nitrogens with zero attached hydrogens (tertiary/aromatic N) is 1. The summed E-state index contributed by atoms with van der Waals surface area (Å²) in [6.07, 6.45) is 0.859. The van der Waals surface area contributed by atoms with Crippen molar-refractivity contribution in [1.29, 1.82) is 0 Å².